The van der Waals surface area contributed by atoms with E-state index in [9.17, 15) is 14.4 Å². The Morgan fingerprint density at radius 3 is 2.68 bits per heavy atom. The quantitative estimate of drug-likeness (QED) is 0.329. The molecule has 0 aliphatic heterocycles. The van der Waals surface area contributed by atoms with Crippen molar-refractivity contribution in [3.05, 3.63) is 35.9 Å². The van der Waals surface area contributed by atoms with Crippen LogP contribution in [-0.2, 0) is 19.1 Å². The van der Waals surface area contributed by atoms with Crippen molar-refractivity contribution in [1.82, 2.24) is 5.32 Å². The summed E-state index contributed by atoms with van der Waals surface area (Å²) in [6.07, 6.45) is -1.13. The Labute approximate surface area is 145 Å². The van der Waals surface area contributed by atoms with E-state index in [2.05, 4.69) is 5.32 Å². The number of hydrogen-bond donors (Lipinski definition) is 2. The summed E-state index contributed by atoms with van der Waals surface area (Å²) in [5.41, 5.74) is 0.556. The molecule has 0 heterocycles. The van der Waals surface area contributed by atoms with Gasteiger partial charge in [0.25, 0.3) is 0 Å². The Morgan fingerprint density at radius 1 is 1.32 bits per heavy atom. The summed E-state index contributed by atoms with van der Waals surface area (Å²) in [7, 11) is 0.875. The molecule has 0 fully saturated rings. The van der Waals surface area contributed by atoms with Crippen LogP contribution < -0.4 is 26.3 Å². The van der Waals surface area contributed by atoms with Crippen molar-refractivity contribution in [1.29, 1.82) is 0.594 Å². The second-order valence-corrected chi connectivity index (χ2v) is 6.13. The molecule has 2 N–H and O–H groups in total. The fourth-order valence-electron chi connectivity index (χ4n) is 1.60. The molecule has 0 unspecified atom stereocenters. The van der Waals surface area contributed by atoms with Crippen molar-refractivity contribution in [3.63, 3.8) is 0 Å². The Kier molecular flexibility index (Phi) is 8.28. The zero-order valence-electron chi connectivity index (χ0n) is 12.7. The Balaban J connectivity index is 2.58. The predicted molar refractivity (Wildman–Crippen MR) is 78.6 cm³/mol. The van der Waals surface area contributed by atoms with Crippen LogP contribution in [0, 0.1) is 0 Å². The van der Waals surface area contributed by atoms with Gasteiger partial charge in [0.1, 0.15) is 0 Å². The van der Waals surface area contributed by atoms with Gasteiger partial charge in [0.2, 0.25) is 0 Å². The summed E-state index contributed by atoms with van der Waals surface area (Å²) in [6, 6.07) is 8.62. The molecule has 6 nitrogen and oxygen atoms in total. The number of hydrogen-bond acceptors (Lipinski definition) is 6. The van der Waals surface area contributed by atoms with Crippen molar-refractivity contribution >= 4 is 25.9 Å². The van der Waals surface area contributed by atoms with Crippen molar-refractivity contribution in [2.24, 2.45) is 0 Å². The summed E-state index contributed by atoms with van der Waals surface area (Å²) in [6.45, 7) is -0.180. The van der Waals surface area contributed by atoms with Gasteiger partial charge in [0.15, 0.2) is 0 Å². The SMILES string of the molecule is [3H][I-]SC(=O)[C@H](OC(=O)CCNC(=O)CCO)c1ccccc1. The summed E-state index contributed by atoms with van der Waals surface area (Å²) < 4.78 is 12.4. The van der Waals surface area contributed by atoms with E-state index >= 15 is 0 Å². The molecule has 0 aliphatic rings. The molecule has 0 radical (unpaired) electrons. The number of rotatable bonds is 9. The molecule has 0 aromatic heterocycles. The summed E-state index contributed by atoms with van der Waals surface area (Å²) in [5, 5.41) is 10.7. The number of halogens is 1. The average molecular weight is 440 g/mol. The predicted octanol–water partition coefficient (Wildman–Crippen LogP) is -2.38. The molecule has 22 heavy (non-hydrogen) atoms. The van der Waals surface area contributed by atoms with Crippen LogP contribution in [0.5, 0.6) is 0 Å². The normalized spacial score (nSPS) is 12.3. The molecule has 0 spiro atoms. The van der Waals surface area contributed by atoms with E-state index in [4.69, 9.17) is 10.4 Å². The Bertz CT molecular complexity index is 531. The first kappa shape index (κ1) is 17.2. The molecule has 8 heteroatoms. The second kappa shape index (κ2) is 10.6. The number of ether oxygens (including phenoxy) is 1. The Morgan fingerprint density at radius 2 is 2.05 bits per heavy atom. The van der Waals surface area contributed by atoms with Crippen LogP contribution in [0.4, 0.5) is 0 Å². The molecule has 0 saturated carbocycles. The molecule has 0 bridgehead atoms. The molecular formula is C14H17INO5S-. The summed E-state index contributed by atoms with van der Waals surface area (Å²) >= 11 is -1.06. The molecule has 122 valence electrons. The molecule has 1 aromatic rings. The monoisotopic (exact) mass is 440 g/mol. The van der Waals surface area contributed by atoms with Gasteiger partial charge in [-0.15, -0.1) is 0 Å². The van der Waals surface area contributed by atoms with E-state index in [0.717, 1.165) is 8.93 Å². The molecular weight excluding hydrogens is 421 g/mol. The minimum absolute atomic E-state index is 0.0238. The third-order valence-electron chi connectivity index (χ3n) is 2.63. The number of aliphatic hydroxyl groups excluding tert-OH is 1. The molecule has 1 rings (SSSR count). The molecule has 1 atom stereocenters. The number of benzene rings is 1. The Hall–Kier alpha value is -1.13. The molecule has 0 saturated heterocycles. The minimum atomic E-state index is -1.06. The molecule has 1 aromatic carbocycles. The van der Waals surface area contributed by atoms with Crippen LogP contribution in [0.3, 0.4) is 0 Å². The first-order valence-corrected chi connectivity index (χ1v) is 9.88. The first-order valence-electron chi connectivity index (χ1n) is 6.90. The van der Waals surface area contributed by atoms with Crippen LogP contribution in [0.2, 0.25) is 0 Å². The molecule has 0 aliphatic carbocycles. The zero-order valence-corrected chi connectivity index (χ0v) is 14.6. The second-order valence-electron chi connectivity index (χ2n) is 4.25. The summed E-state index contributed by atoms with van der Waals surface area (Å²) in [4.78, 5) is 35.1. The van der Waals surface area contributed by atoms with Crippen LogP contribution in [0.25, 0.3) is 0 Å². The van der Waals surface area contributed by atoms with Crippen LogP contribution in [0.1, 0.15) is 24.5 Å². The maximum absolute atomic E-state index is 12.0. The topological polar surface area (TPSA) is 92.7 Å². The fraction of sp³-hybridized carbons (Fsp3) is 0.357. The van der Waals surface area contributed by atoms with Gasteiger partial charge >= 0.3 is 145 Å². The third kappa shape index (κ3) is 6.75. The van der Waals surface area contributed by atoms with Gasteiger partial charge in [-0.25, -0.2) is 0 Å². The average Bonchev–Trinajstić information content (AvgIpc) is 2.54. The van der Waals surface area contributed by atoms with E-state index in [1.165, 1.54) is 0 Å². The van der Waals surface area contributed by atoms with Crippen molar-refractivity contribution in [2.75, 3.05) is 13.2 Å². The van der Waals surface area contributed by atoms with Crippen molar-refractivity contribution in [3.8, 4) is 0 Å². The van der Waals surface area contributed by atoms with E-state index in [1.807, 2.05) is 0 Å². The number of esters is 1. The van der Waals surface area contributed by atoms with Gasteiger partial charge in [-0.1, -0.05) is 0 Å². The van der Waals surface area contributed by atoms with Gasteiger partial charge in [0, 0.05) is 0 Å². The summed E-state index contributed by atoms with van der Waals surface area (Å²) in [5.74, 6) is -0.967. The van der Waals surface area contributed by atoms with E-state index in [-0.39, 0.29) is 37.0 Å². The van der Waals surface area contributed by atoms with Gasteiger partial charge in [-0.2, -0.15) is 0 Å². The van der Waals surface area contributed by atoms with Gasteiger partial charge in [-0.3, -0.25) is 0 Å². The first-order chi connectivity index (χ1) is 11.1. The van der Waals surface area contributed by atoms with E-state index < -0.39 is 33.1 Å². The number of amides is 1. The van der Waals surface area contributed by atoms with Crippen molar-refractivity contribution in [2.45, 2.75) is 18.9 Å². The number of nitrogens with one attached hydrogen (secondary N) is 1. The van der Waals surface area contributed by atoms with Crippen LogP contribution in [-0.4, -0.2) is 35.8 Å². The van der Waals surface area contributed by atoms with E-state index in [0.29, 0.717) is 5.56 Å². The van der Waals surface area contributed by atoms with Crippen LogP contribution >= 0.6 is 8.93 Å². The zero-order chi connectivity index (χ0) is 17.1. The number of carbonyl (C=O) groups excluding carboxylic acids is 3. The maximum atomic E-state index is 12.0. The van der Waals surface area contributed by atoms with Gasteiger partial charge < -0.3 is 0 Å². The number of aliphatic hydroxyl groups is 1. The van der Waals surface area contributed by atoms with E-state index in [1.54, 1.807) is 30.3 Å². The number of carbonyl (C=O) groups is 3. The fourth-order valence-corrected chi connectivity index (χ4v) is 2.56. The standard InChI is InChI=1S/C14H17INO5S/c15-22-14(20)13(10-4-2-1-3-5-10)21-12(19)6-8-16-11(18)7-9-17/h1-5,13,15,17H,6-9H2,(H,16,18)/q-1/t13-/m1/s1/i15T. The van der Waals surface area contributed by atoms with Gasteiger partial charge in [0.05, 0.1) is 0 Å². The van der Waals surface area contributed by atoms with Crippen molar-refractivity contribution < 1.29 is 45.2 Å². The third-order valence-corrected chi connectivity index (χ3v) is 4.30. The van der Waals surface area contributed by atoms with Gasteiger partial charge in [-0.05, 0) is 0 Å². The van der Waals surface area contributed by atoms with Crippen LogP contribution in [0.15, 0.2) is 30.3 Å². The molecule has 1 amide bonds.